The lowest BCUT2D eigenvalue weighted by atomic mass is 10.1. The van der Waals surface area contributed by atoms with E-state index in [0.717, 1.165) is 5.56 Å². The maximum absolute atomic E-state index is 12.2. The zero-order chi connectivity index (χ0) is 14.7. The van der Waals surface area contributed by atoms with Crippen LogP contribution >= 0.6 is 11.6 Å². The van der Waals surface area contributed by atoms with Crippen molar-refractivity contribution in [2.75, 3.05) is 18.2 Å². The van der Waals surface area contributed by atoms with E-state index in [1.54, 1.807) is 30.3 Å². The monoisotopic (exact) mass is 290 g/mol. The number of aryl methyl sites for hydroxylation is 1. The predicted molar refractivity (Wildman–Crippen MR) is 81.5 cm³/mol. The molecule has 0 heterocycles. The Morgan fingerprint density at radius 1 is 1.25 bits per heavy atom. The van der Waals surface area contributed by atoms with Crippen molar-refractivity contribution in [2.24, 2.45) is 0 Å². The molecule has 0 aliphatic rings. The second-order valence-electron chi connectivity index (χ2n) is 4.39. The van der Waals surface area contributed by atoms with Crippen molar-refractivity contribution in [3.05, 3.63) is 52.5 Å². The highest BCUT2D eigenvalue weighted by Gasteiger charge is 2.11. The third-order valence-electron chi connectivity index (χ3n) is 2.86. The lowest BCUT2D eigenvalue weighted by Gasteiger charge is -2.10. The fraction of sp³-hybridized carbons (Fsp3) is 0.133. The van der Waals surface area contributed by atoms with Crippen LogP contribution in [0.1, 0.15) is 15.9 Å². The van der Waals surface area contributed by atoms with Crippen LogP contribution in [0.2, 0.25) is 5.02 Å². The molecule has 2 aromatic rings. The van der Waals surface area contributed by atoms with Crippen molar-refractivity contribution in [1.29, 1.82) is 0 Å². The molecular weight excluding hydrogens is 276 g/mol. The smallest absolute Gasteiger partial charge is 0.257 e. The molecule has 0 aliphatic heterocycles. The lowest BCUT2D eigenvalue weighted by Crippen LogP contribution is -2.12. The molecule has 0 spiro atoms. The summed E-state index contributed by atoms with van der Waals surface area (Å²) in [5.74, 6) is 0.236. The average Bonchev–Trinajstić information content (AvgIpc) is 2.40. The number of nitrogens with two attached hydrogens (primary N) is 1. The van der Waals surface area contributed by atoms with Crippen LogP contribution in [0.15, 0.2) is 36.4 Å². The summed E-state index contributed by atoms with van der Waals surface area (Å²) in [5.41, 5.74) is 8.26. The second-order valence-corrected chi connectivity index (χ2v) is 4.80. The molecule has 4 nitrogen and oxygen atoms in total. The topological polar surface area (TPSA) is 64.3 Å². The number of nitrogens with one attached hydrogen (secondary N) is 1. The van der Waals surface area contributed by atoms with E-state index >= 15 is 0 Å². The van der Waals surface area contributed by atoms with Crippen LogP contribution in [-0.4, -0.2) is 13.0 Å². The van der Waals surface area contributed by atoms with Gasteiger partial charge >= 0.3 is 0 Å². The summed E-state index contributed by atoms with van der Waals surface area (Å²) < 4.78 is 5.11. The summed E-state index contributed by atoms with van der Waals surface area (Å²) in [7, 11) is 1.52. The Labute approximate surface area is 122 Å². The molecule has 0 aliphatic carbocycles. The van der Waals surface area contributed by atoms with E-state index in [0.29, 0.717) is 27.7 Å². The summed E-state index contributed by atoms with van der Waals surface area (Å²) in [6, 6.07) is 10.3. The van der Waals surface area contributed by atoms with Gasteiger partial charge in [-0.05, 0) is 36.8 Å². The molecule has 2 aromatic carbocycles. The summed E-state index contributed by atoms with van der Waals surface area (Å²) in [5, 5.41) is 3.18. The number of amides is 1. The first kappa shape index (κ1) is 14.2. The number of hydrogen-bond donors (Lipinski definition) is 2. The standard InChI is InChI=1S/C15H15ClN2O2/c1-9-3-5-11(12(16)7-9)15(19)18-10-4-6-13(17)14(8-10)20-2/h3-8H,17H2,1-2H3,(H,18,19). The van der Waals surface area contributed by atoms with E-state index in [-0.39, 0.29) is 5.91 Å². The fourth-order valence-electron chi connectivity index (χ4n) is 1.79. The molecular formula is C15H15ClN2O2. The molecule has 0 saturated heterocycles. The highest BCUT2D eigenvalue weighted by Crippen LogP contribution is 2.26. The molecule has 0 saturated carbocycles. The maximum Gasteiger partial charge on any atom is 0.257 e. The molecule has 0 atom stereocenters. The molecule has 0 unspecified atom stereocenters. The largest absolute Gasteiger partial charge is 0.495 e. The Morgan fingerprint density at radius 2 is 2.00 bits per heavy atom. The van der Waals surface area contributed by atoms with Crippen LogP contribution in [0.25, 0.3) is 0 Å². The van der Waals surface area contributed by atoms with Crippen LogP contribution < -0.4 is 15.8 Å². The van der Waals surface area contributed by atoms with Gasteiger partial charge in [-0.1, -0.05) is 17.7 Å². The molecule has 104 valence electrons. The van der Waals surface area contributed by atoms with Crippen LogP contribution in [0.4, 0.5) is 11.4 Å². The zero-order valence-corrected chi connectivity index (χ0v) is 12.0. The van der Waals surface area contributed by atoms with E-state index in [4.69, 9.17) is 22.1 Å². The number of rotatable bonds is 3. The molecule has 0 fully saturated rings. The van der Waals surface area contributed by atoms with Crippen molar-refractivity contribution in [2.45, 2.75) is 6.92 Å². The number of hydrogen-bond acceptors (Lipinski definition) is 3. The molecule has 0 bridgehead atoms. The number of carbonyl (C=O) groups is 1. The van der Waals surface area contributed by atoms with Gasteiger partial charge in [0.2, 0.25) is 0 Å². The van der Waals surface area contributed by atoms with Crippen molar-refractivity contribution < 1.29 is 9.53 Å². The van der Waals surface area contributed by atoms with Gasteiger partial charge in [0, 0.05) is 11.8 Å². The van der Waals surface area contributed by atoms with Gasteiger partial charge in [0.1, 0.15) is 5.75 Å². The minimum Gasteiger partial charge on any atom is -0.495 e. The summed E-state index contributed by atoms with van der Waals surface area (Å²) in [4.78, 5) is 12.2. The molecule has 0 radical (unpaired) electrons. The average molecular weight is 291 g/mol. The number of halogens is 1. The zero-order valence-electron chi connectivity index (χ0n) is 11.2. The Bertz CT molecular complexity index is 656. The first-order valence-electron chi connectivity index (χ1n) is 6.02. The molecule has 20 heavy (non-hydrogen) atoms. The van der Waals surface area contributed by atoms with E-state index in [9.17, 15) is 4.79 Å². The van der Waals surface area contributed by atoms with Crippen molar-refractivity contribution in [3.63, 3.8) is 0 Å². The summed E-state index contributed by atoms with van der Waals surface area (Å²) in [6.07, 6.45) is 0. The lowest BCUT2D eigenvalue weighted by molar-refractivity contribution is 0.102. The molecule has 1 amide bonds. The van der Waals surface area contributed by atoms with Gasteiger partial charge in [0.05, 0.1) is 23.4 Å². The van der Waals surface area contributed by atoms with Gasteiger partial charge in [0.15, 0.2) is 0 Å². The molecule has 0 aromatic heterocycles. The minimum atomic E-state index is -0.276. The summed E-state index contributed by atoms with van der Waals surface area (Å²) >= 11 is 6.07. The third kappa shape index (κ3) is 3.03. The molecule has 2 rings (SSSR count). The SMILES string of the molecule is COc1cc(NC(=O)c2ccc(C)cc2Cl)ccc1N. The number of ether oxygens (including phenoxy) is 1. The second kappa shape index (κ2) is 5.84. The van der Waals surface area contributed by atoms with Gasteiger partial charge in [-0.15, -0.1) is 0 Å². The third-order valence-corrected chi connectivity index (χ3v) is 3.17. The first-order valence-corrected chi connectivity index (χ1v) is 6.40. The van der Waals surface area contributed by atoms with E-state index in [1.165, 1.54) is 7.11 Å². The number of carbonyl (C=O) groups excluding carboxylic acids is 1. The molecule has 3 N–H and O–H groups in total. The van der Waals surface area contributed by atoms with Crippen LogP contribution in [0, 0.1) is 6.92 Å². The predicted octanol–water partition coefficient (Wildman–Crippen LogP) is 3.49. The Balaban J connectivity index is 2.23. The summed E-state index contributed by atoms with van der Waals surface area (Å²) in [6.45, 7) is 1.92. The first-order chi connectivity index (χ1) is 9.51. The Kier molecular flexibility index (Phi) is 4.15. The van der Waals surface area contributed by atoms with Crippen LogP contribution in [-0.2, 0) is 0 Å². The quantitative estimate of drug-likeness (QED) is 0.851. The van der Waals surface area contributed by atoms with E-state index in [2.05, 4.69) is 5.32 Å². The van der Waals surface area contributed by atoms with Gasteiger partial charge in [-0.2, -0.15) is 0 Å². The van der Waals surface area contributed by atoms with Gasteiger partial charge < -0.3 is 15.8 Å². The normalized spacial score (nSPS) is 10.2. The highest BCUT2D eigenvalue weighted by atomic mass is 35.5. The number of nitrogen functional groups attached to an aromatic ring is 1. The van der Waals surface area contributed by atoms with Crippen LogP contribution in [0.3, 0.4) is 0 Å². The van der Waals surface area contributed by atoms with Crippen molar-refractivity contribution in [3.8, 4) is 5.75 Å². The number of benzene rings is 2. The number of methoxy groups -OCH3 is 1. The van der Waals surface area contributed by atoms with Gasteiger partial charge in [0.25, 0.3) is 5.91 Å². The Hall–Kier alpha value is -2.20. The highest BCUT2D eigenvalue weighted by molar-refractivity contribution is 6.34. The Morgan fingerprint density at radius 3 is 2.65 bits per heavy atom. The number of anilines is 2. The maximum atomic E-state index is 12.2. The fourth-order valence-corrected chi connectivity index (χ4v) is 2.11. The molecule has 5 heteroatoms. The van der Waals surface area contributed by atoms with Gasteiger partial charge in [-0.3, -0.25) is 4.79 Å². The van der Waals surface area contributed by atoms with Crippen molar-refractivity contribution in [1.82, 2.24) is 0 Å². The minimum absolute atomic E-state index is 0.276. The van der Waals surface area contributed by atoms with E-state index < -0.39 is 0 Å². The van der Waals surface area contributed by atoms with Crippen LogP contribution in [0.5, 0.6) is 5.75 Å². The van der Waals surface area contributed by atoms with Gasteiger partial charge in [-0.25, -0.2) is 0 Å². The van der Waals surface area contributed by atoms with E-state index in [1.807, 2.05) is 13.0 Å². The van der Waals surface area contributed by atoms with Crippen molar-refractivity contribution >= 4 is 28.9 Å².